The fourth-order valence-corrected chi connectivity index (χ4v) is 2.29. The van der Waals surface area contributed by atoms with Gasteiger partial charge in [-0.1, -0.05) is 18.6 Å². The van der Waals surface area contributed by atoms with Crippen molar-refractivity contribution in [2.24, 2.45) is 5.10 Å². The molecule has 0 saturated carbocycles. The molecule has 1 aromatic rings. The van der Waals surface area contributed by atoms with Crippen LogP contribution in [0.4, 0.5) is 5.69 Å². The molecule has 2 rings (SSSR count). The number of nitro benzene ring substituents is 1. The highest BCUT2D eigenvalue weighted by Crippen LogP contribution is 2.15. The number of likely N-dealkylation sites (tertiary alicyclic amines) is 1. The van der Waals surface area contributed by atoms with E-state index in [1.54, 1.807) is 18.2 Å². The Hall–Kier alpha value is -2.28. The summed E-state index contributed by atoms with van der Waals surface area (Å²) in [6.07, 6.45) is 4.75. The summed E-state index contributed by atoms with van der Waals surface area (Å²) in [5.41, 5.74) is 2.74. The average Bonchev–Trinajstić information content (AvgIpc) is 2.48. The number of nitro groups is 1. The second kappa shape index (κ2) is 7.49. The van der Waals surface area contributed by atoms with Gasteiger partial charge in [-0.15, -0.1) is 0 Å². The van der Waals surface area contributed by atoms with Crippen LogP contribution in [0.25, 0.3) is 0 Å². The van der Waals surface area contributed by atoms with Crippen molar-refractivity contribution in [2.75, 3.05) is 19.6 Å². The summed E-state index contributed by atoms with van der Waals surface area (Å²) in [6.45, 7) is 2.18. The predicted molar refractivity (Wildman–Crippen MR) is 79.1 cm³/mol. The Morgan fingerprint density at radius 3 is 2.76 bits per heavy atom. The second-order valence-corrected chi connectivity index (χ2v) is 4.95. The largest absolute Gasteiger partial charge is 0.294 e. The average molecular weight is 290 g/mol. The Bertz CT molecular complexity index is 539. The van der Waals surface area contributed by atoms with Crippen molar-refractivity contribution in [3.63, 3.8) is 0 Å². The normalized spacial score (nSPS) is 16.0. The number of piperidine rings is 1. The fourth-order valence-electron chi connectivity index (χ4n) is 2.29. The molecule has 1 aromatic carbocycles. The number of carbonyl (C=O) groups excluding carboxylic acids is 1. The first kappa shape index (κ1) is 15.1. The van der Waals surface area contributed by atoms with Crippen molar-refractivity contribution in [1.82, 2.24) is 10.3 Å². The van der Waals surface area contributed by atoms with E-state index in [1.165, 1.54) is 18.7 Å². The van der Waals surface area contributed by atoms with Crippen LogP contribution in [0.1, 0.15) is 24.8 Å². The maximum atomic E-state index is 11.7. The molecule has 1 N–H and O–H groups in total. The number of rotatable bonds is 5. The molecule has 0 atom stereocenters. The van der Waals surface area contributed by atoms with Crippen LogP contribution in [0.5, 0.6) is 0 Å². The first-order valence-electron chi connectivity index (χ1n) is 6.94. The zero-order valence-corrected chi connectivity index (χ0v) is 11.7. The zero-order valence-electron chi connectivity index (χ0n) is 11.7. The molecule has 0 bridgehead atoms. The smallest absolute Gasteiger partial charge is 0.278 e. The van der Waals surface area contributed by atoms with E-state index in [-0.39, 0.29) is 11.6 Å². The van der Waals surface area contributed by atoms with E-state index >= 15 is 0 Å². The molecular weight excluding hydrogens is 272 g/mol. The van der Waals surface area contributed by atoms with Gasteiger partial charge in [0.2, 0.25) is 0 Å². The van der Waals surface area contributed by atoms with Crippen LogP contribution in [0.2, 0.25) is 0 Å². The molecule has 1 fully saturated rings. The predicted octanol–water partition coefficient (Wildman–Crippen LogP) is 1.53. The van der Waals surface area contributed by atoms with E-state index in [9.17, 15) is 14.9 Å². The topological polar surface area (TPSA) is 87.8 Å². The lowest BCUT2D eigenvalue weighted by molar-refractivity contribution is -0.385. The van der Waals surface area contributed by atoms with Gasteiger partial charge in [0.25, 0.3) is 11.6 Å². The third kappa shape index (κ3) is 4.64. The molecule has 1 aliphatic rings. The summed E-state index contributed by atoms with van der Waals surface area (Å²) in [5, 5.41) is 14.6. The molecule has 1 saturated heterocycles. The van der Waals surface area contributed by atoms with E-state index in [0.29, 0.717) is 12.1 Å². The maximum Gasteiger partial charge on any atom is 0.278 e. The van der Waals surface area contributed by atoms with Gasteiger partial charge < -0.3 is 0 Å². The van der Waals surface area contributed by atoms with Crippen molar-refractivity contribution in [3.8, 4) is 0 Å². The van der Waals surface area contributed by atoms with E-state index in [2.05, 4.69) is 15.4 Å². The third-order valence-electron chi connectivity index (χ3n) is 3.34. The van der Waals surface area contributed by atoms with Crippen molar-refractivity contribution < 1.29 is 9.72 Å². The molecule has 21 heavy (non-hydrogen) atoms. The van der Waals surface area contributed by atoms with Gasteiger partial charge in [0.15, 0.2) is 0 Å². The number of nitrogens with zero attached hydrogens (tertiary/aromatic N) is 3. The minimum atomic E-state index is -0.475. The molecule has 1 heterocycles. The van der Waals surface area contributed by atoms with Crippen LogP contribution < -0.4 is 5.43 Å². The molecule has 1 aliphatic heterocycles. The van der Waals surface area contributed by atoms with Crippen molar-refractivity contribution >= 4 is 17.8 Å². The minimum absolute atomic E-state index is 0.0356. The number of nitrogens with one attached hydrogen (secondary N) is 1. The van der Waals surface area contributed by atoms with Crippen LogP contribution >= 0.6 is 0 Å². The lowest BCUT2D eigenvalue weighted by Crippen LogP contribution is -2.38. The summed E-state index contributed by atoms with van der Waals surface area (Å²) in [7, 11) is 0. The van der Waals surface area contributed by atoms with Gasteiger partial charge in [0, 0.05) is 6.07 Å². The van der Waals surface area contributed by atoms with Gasteiger partial charge in [-0.05, 0) is 32.0 Å². The number of para-hydroxylation sites is 1. The van der Waals surface area contributed by atoms with Crippen LogP contribution in [0.15, 0.2) is 29.4 Å². The Balaban J connectivity index is 1.87. The molecule has 0 spiro atoms. The number of amides is 1. The van der Waals surface area contributed by atoms with Crippen LogP contribution in [0.3, 0.4) is 0 Å². The highest BCUT2D eigenvalue weighted by molar-refractivity contribution is 5.86. The zero-order chi connectivity index (χ0) is 15.1. The third-order valence-corrected chi connectivity index (χ3v) is 3.34. The maximum absolute atomic E-state index is 11.7. The van der Waals surface area contributed by atoms with Gasteiger partial charge in [-0.25, -0.2) is 5.43 Å². The van der Waals surface area contributed by atoms with Gasteiger partial charge in [-0.3, -0.25) is 19.8 Å². The molecule has 0 aromatic heterocycles. The minimum Gasteiger partial charge on any atom is -0.294 e. The van der Waals surface area contributed by atoms with E-state index in [0.717, 1.165) is 25.9 Å². The quantitative estimate of drug-likeness (QED) is 0.506. The molecule has 0 radical (unpaired) electrons. The van der Waals surface area contributed by atoms with E-state index < -0.39 is 4.92 Å². The first-order valence-corrected chi connectivity index (χ1v) is 6.94. The lowest BCUT2D eigenvalue weighted by Gasteiger charge is -2.25. The van der Waals surface area contributed by atoms with E-state index in [4.69, 9.17) is 0 Å². The number of hydrazone groups is 1. The summed E-state index contributed by atoms with van der Waals surface area (Å²) in [5.74, 6) is -0.202. The molecule has 1 amide bonds. The van der Waals surface area contributed by atoms with Gasteiger partial charge in [0.05, 0.1) is 23.2 Å². The number of hydrogen-bond acceptors (Lipinski definition) is 5. The van der Waals surface area contributed by atoms with E-state index in [1.807, 2.05) is 0 Å². The molecule has 0 unspecified atom stereocenters. The molecule has 0 aliphatic carbocycles. The number of benzene rings is 1. The van der Waals surface area contributed by atoms with Crippen molar-refractivity contribution in [3.05, 3.63) is 39.9 Å². The summed E-state index contributed by atoms with van der Waals surface area (Å²) >= 11 is 0. The number of hydrogen-bond donors (Lipinski definition) is 1. The van der Waals surface area contributed by atoms with Crippen LogP contribution in [0, 0.1) is 10.1 Å². The van der Waals surface area contributed by atoms with Crippen LogP contribution in [-0.2, 0) is 4.79 Å². The highest BCUT2D eigenvalue weighted by Gasteiger charge is 2.13. The highest BCUT2D eigenvalue weighted by atomic mass is 16.6. The number of carbonyl (C=O) groups is 1. The molecule has 7 nitrogen and oxygen atoms in total. The SMILES string of the molecule is O=C(CN1CCCCC1)N/N=C\c1ccccc1[N+](=O)[O-]. The van der Waals surface area contributed by atoms with Gasteiger partial charge in [0.1, 0.15) is 0 Å². The fraction of sp³-hybridized carbons (Fsp3) is 0.429. The standard InChI is InChI=1S/C14H18N4O3/c19-14(11-17-8-4-1-5-9-17)16-15-10-12-6-2-3-7-13(12)18(20)21/h2-3,6-7,10H,1,4-5,8-9,11H2,(H,16,19)/b15-10-. The summed E-state index contributed by atoms with van der Waals surface area (Å²) in [4.78, 5) is 24.2. The second-order valence-electron chi connectivity index (χ2n) is 4.95. The Morgan fingerprint density at radius 2 is 2.05 bits per heavy atom. The molecule has 112 valence electrons. The van der Waals surface area contributed by atoms with Crippen molar-refractivity contribution in [1.29, 1.82) is 0 Å². The Morgan fingerprint density at radius 1 is 1.33 bits per heavy atom. The summed E-state index contributed by atoms with van der Waals surface area (Å²) < 4.78 is 0. The molecule has 7 heteroatoms. The molecular formula is C14H18N4O3. The Kier molecular flexibility index (Phi) is 5.39. The lowest BCUT2D eigenvalue weighted by atomic mass is 10.1. The van der Waals surface area contributed by atoms with Gasteiger partial charge in [-0.2, -0.15) is 5.10 Å². The first-order chi connectivity index (χ1) is 10.2. The monoisotopic (exact) mass is 290 g/mol. The van der Waals surface area contributed by atoms with Gasteiger partial charge >= 0.3 is 0 Å². The van der Waals surface area contributed by atoms with Crippen molar-refractivity contribution in [2.45, 2.75) is 19.3 Å². The summed E-state index contributed by atoms with van der Waals surface area (Å²) in [6, 6.07) is 6.25. The van der Waals surface area contributed by atoms with Crippen LogP contribution in [-0.4, -0.2) is 41.6 Å². The Labute approximate surface area is 122 Å².